The van der Waals surface area contributed by atoms with Crippen LogP contribution in [0.15, 0.2) is 73.3 Å². The fourth-order valence-electron chi connectivity index (χ4n) is 3.09. The summed E-state index contributed by atoms with van der Waals surface area (Å²) in [5.74, 6) is 1.63. The standard InChI is InChI=1S/C24H21N5O3/c1-31-21-12-19-20(13-22(21)32-2)26-15-27-24(19)29-17-8-5-16(6-9-17)7-10-23(30)28-18-4-3-11-25-14-18/h3-15H,1-2H3,(H,28,30)(H,26,27,29)/b10-7+. The molecular weight excluding hydrogens is 406 g/mol. The Balaban J connectivity index is 1.48. The molecule has 0 radical (unpaired) electrons. The van der Waals surface area contributed by atoms with E-state index in [0.29, 0.717) is 23.0 Å². The van der Waals surface area contributed by atoms with E-state index in [4.69, 9.17) is 9.47 Å². The number of methoxy groups -OCH3 is 2. The topological polar surface area (TPSA) is 98.3 Å². The maximum absolute atomic E-state index is 12.0. The summed E-state index contributed by atoms with van der Waals surface area (Å²) in [6, 6.07) is 14.8. The lowest BCUT2D eigenvalue weighted by Gasteiger charge is -2.12. The molecule has 0 saturated carbocycles. The highest BCUT2D eigenvalue weighted by atomic mass is 16.5. The van der Waals surface area contributed by atoms with Crippen LogP contribution in [-0.4, -0.2) is 35.1 Å². The molecule has 2 heterocycles. The molecule has 0 bridgehead atoms. The Bertz CT molecular complexity index is 1260. The number of carbonyl (C=O) groups is 1. The second kappa shape index (κ2) is 9.57. The highest BCUT2D eigenvalue weighted by molar-refractivity contribution is 6.01. The van der Waals surface area contributed by atoms with Gasteiger partial charge in [0, 0.05) is 29.4 Å². The molecule has 0 spiro atoms. The van der Waals surface area contributed by atoms with Crippen LogP contribution in [0.3, 0.4) is 0 Å². The SMILES string of the molecule is COc1cc2ncnc(Nc3ccc(/C=C/C(=O)Nc4cccnc4)cc3)c2cc1OC. The molecule has 2 aromatic carbocycles. The Morgan fingerprint density at radius 3 is 2.47 bits per heavy atom. The van der Waals surface area contributed by atoms with Gasteiger partial charge in [0.25, 0.3) is 0 Å². The van der Waals surface area contributed by atoms with Crippen molar-refractivity contribution in [2.75, 3.05) is 24.9 Å². The smallest absolute Gasteiger partial charge is 0.248 e. The molecule has 32 heavy (non-hydrogen) atoms. The zero-order chi connectivity index (χ0) is 22.3. The molecule has 2 aromatic heterocycles. The van der Waals surface area contributed by atoms with Crippen molar-refractivity contribution in [1.29, 1.82) is 0 Å². The average Bonchev–Trinajstić information content (AvgIpc) is 2.83. The van der Waals surface area contributed by atoms with Gasteiger partial charge < -0.3 is 20.1 Å². The summed E-state index contributed by atoms with van der Waals surface area (Å²) in [4.78, 5) is 24.7. The van der Waals surface area contributed by atoms with Crippen LogP contribution in [0.1, 0.15) is 5.56 Å². The highest BCUT2D eigenvalue weighted by Gasteiger charge is 2.11. The minimum absolute atomic E-state index is 0.225. The van der Waals surface area contributed by atoms with E-state index in [-0.39, 0.29) is 5.91 Å². The van der Waals surface area contributed by atoms with Crippen LogP contribution < -0.4 is 20.1 Å². The van der Waals surface area contributed by atoms with Crippen molar-refractivity contribution >= 4 is 40.1 Å². The van der Waals surface area contributed by atoms with Crippen molar-refractivity contribution in [1.82, 2.24) is 15.0 Å². The van der Waals surface area contributed by atoms with E-state index in [0.717, 1.165) is 22.2 Å². The third-order valence-corrected chi connectivity index (χ3v) is 4.67. The van der Waals surface area contributed by atoms with E-state index in [2.05, 4.69) is 25.6 Å². The van der Waals surface area contributed by atoms with Crippen molar-refractivity contribution in [3.05, 3.63) is 78.9 Å². The number of pyridine rings is 1. The zero-order valence-electron chi connectivity index (χ0n) is 17.6. The number of fused-ring (bicyclic) bond motifs is 1. The van der Waals surface area contributed by atoms with Crippen LogP contribution >= 0.6 is 0 Å². The van der Waals surface area contributed by atoms with Gasteiger partial charge in [0.1, 0.15) is 12.1 Å². The van der Waals surface area contributed by atoms with Gasteiger partial charge in [-0.05, 0) is 42.0 Å². The predicted molar refractivity (Wildman–Crippen MR) is 124 cm³/mol. The maximum atomic E-state index is 12.0. The van der Waals surface area contributed by atoms with E-state index in [1.165, 1.54) is 12.4 Å². The summed E-state index contributed by atoms with van der Waals surface area (Å²) >= 11 is 0. The Labute approximate surface area is 185 Å². The Hall–Kier alpha value is -4.46. The summed E-state index contributed by atoms with van der Waals surface area (Å²) in [6.45, 7) is 0. The minimum atomic E-state index is -0.225. The van der Waals surface area contributed by atoms with Gasteiger partial charge in [-0.15, -0.1) is 0 Å². The lowest BCUT2D eigenvalue weighted by molar-refractivity contribution is -0.111. The third kappa shape index (κ3) is 4.81. The second-order valence-electron chi connectivity index (χ2n) is 6.76. The van der Waals surface area contributed by atoms with Gasteiger partial charge in [0.05, 0.1) is 31.6 Å². The largest absolute Gasteiger partial charge is 0.493 e. The van der Waals surface area contributed by atoms with Crippen LogP contribution in [-0.2, 0) is 4.79 Å². The van der Waals surface area contributed by atoms with Gasteiger partial charge in [0.15, 0.2) is 11.5 Å². The molecule has 0 aliphatic carbocycles. The van der Waals surface area contributed by atoms with E-state index in [1.807, 2.05) is 36.4 Å². The number of nitrogens with one attached hydrogen (secondary N) is 2. The van der Waals surface area contributed by atoms with E-state index >= 15 is 0 Å². The first-order valence-corrected chi connectivity index (χ1v) is 9.79. The molecule has 2 N–H and O–H groups in total. The number of hydrogen-bond donors (Lipinski definition) is 2. The van der Waals surface area contributed by atoms with E-state index < -0.39 is 0 Å². The fraction of sp³-hybridized carbons (Fsp3) is 0.0833. The molecule has 0 saturated heterocycles. The van der Waals surface area contributed by atoms with E-state index in [1.54, 1.807) is 44.8 Å². The number of nitrogens with zero attached hydrogens (tertiary/aromatic N) is 3. The predicted octanol–water partition coefficient (Wildman–Crippen LogP) is 4.44. The first-order valence-electron chi connectivity index (χ1n) is 9.79. The number of amides is 1. The van der Waals surface area contributed by atoms with Gasteiger partial charge in [0.2, 0.25) is 5.91 Å². The zero-order valence-corrected chi connectivity index (χ0v) is 17.6. The van der Waals surface area contributed by atoms with E-state index in [9.17, 15) is 4.79 Å². The number of rotatable bonds is 7. The summed E-state index contributed by atoms with van der Waals surface area (Å²) in [6.07, 6.45) is 7.96. The molecular formula is C24H21N5O3. The number of carbonyl (C=O) groups excluding carboxylic acids is 1. The lowest BCUT2D eigenvalue weighted by Crippen LogP contribution is -2.07. The lowest BCUT2D eigenvalue weighted by atomic mass is 10.1. The van der Waals surface area contributed by atoms with Crippen LogP contribution in [0.25, 0.3) is 17.0 Å². The number of anilines is 3. The number of benzene rings is 2. The third-order valence-electron chi connectivity index (χ3n) is 4.67. The van der Waals surface area contributed by atoms with Gasteiger partial charge in [-0.2, -0.15) is 0 Å². The van der Waals surface area contributed by atoms with Crippen molar-refractivity contribution in [2.24, 2.45) is 0 Å². The quantitative estimate of drug-likeness (QED) is 0.421. The molecule has 8 heteroatoms. The van der Waals surface area contributed by atoms with Crippen LogP contribution in [0.4, 0.5) is 17.2 Å². The number of aromatic nitrogens is 3. The summed E-state index contributed by atoms with van der Waals surface area (Å²) in [5, 5.41) is 6.87. The molecule has 160 valence electrons. The van der Waals surface area contributed by atoms with Crippen molar-refractivity contribution in [2.45, 2.75) is 0 Å². The molecule has 4 aromatic rings. The normalized spacial score (nSPS) is 10.8. The van der Waals surface area contributed by atoms with Gasteiger partial charge in [-0.25, -0.2) is 9.97 Å². The Kier molecular flexibility index (Phi) is 6.22. The van der Waals surface area contributed by atoms with Gasteiger partial charge >= 0.3 is 0 Å². The Morgan fingerprint density at radius 1 is 0.969 bits per heavy atom. The molecule has 0 atom stereocenters. The minimum Gasteiger partial charge on any atom is -0.493 e. The van der Waals surface area contributed by atoms with Crippen LogP contribution in [0, 0.1) is 0 Å². The number of ether oxygens (including phenoxy) is 2. The first kappa shape index (κ1) is 20.8. The highest BCUT2D eigenvalue weighted by Crippen LogP contribution is 2.34. The van der Waals surface area contributed by atoms with Crippen molar-refractivity contribution in [3.63, 3.8) is 0 Å². The van der Waals surface area contributed by atoms with Crippen molar-refractivity contribution in [3.8, 4) is 11.5 Å². The molecule has 1 amide bonds. The van der Waals surface area contributed by atoms with Gasteiger partial charge in [-0.1, -0.05) is 12.1 Å². The average molecular weight is 427 g/mol. The van der Waals surface area contributed by atoms with Gasteiger partial charge in [-0.3, -0.25) is 9.78 Å². The first-order chi connectivity index (χ1) is 15.7. The molecule has 0 aliphatic rings. The van der Waals surface area contributed by atoms with Crippen LogP contribution in [0.5, 0.6) is 11.5 Å². The summed E-state index contributed by atoms with van der Waals surface area (Å²) in [7, 11) is 3.17. The van der Waals surface area contributed by atoms with Crippen molar-refractivity contribution < 1.29 is 14.3 Å². The molecule has 8 nitrogen and oxygen atoms in total. The summed E-state index contributed by atoms with van der Waals surface area (Å²) < 4.78 is 10.7. The van der Waals surface area contributed by atoms with Crippen LogP contribution in [0.2, 0.25) is 0 Å². The monoisotopic (exact) mass is 427 g/mol. The number of hydrogen-bond acceptors (Lipinski definition) is 7. The summed E-state index contributed by atoms with van der Waals surface area (Å²) in [5.41, 5.74) is 3.11. The molecule has 0 aliphatic heterocycles. The molecule has 0 unspecified atom stereocenters. The fourth-order valence-corrected chi connectivity index (χ4v) is 3.09. The maximum Gasteiger partial charge on any atom is 0.248 e. The second-order valence-corrected chi connectivity index (χ2v) is 6.76. The Morgan fingerprint density at radius 2 is 1.75 bits per heavy atom. The molecule has 4 rings (SSSR count). The molecule has 0 fully saturated rings.